The first-order chi connectivity index (χ1) is 15.3. The zero-order valence-corrected chi connectivity index (χ0v) is 17.8. The maximum atomic E-state index is 12.9. The van der Waals surface area contributed by atoms with Gasteiger partial charge in [-0.2, -0.15) is 13.2 Å². The quantitative estimate of drug-likeness (QED) is 0.224. The Kier molecular flexibility index (Phi) is 6.33. The maximum absolute atomic E-state index is 12.9. The predicted molar refractivity (Wildman–Crippen MR) is 113 cm³/mol. The molecule has 12 heteroatoms. The summed E-state index contributed by atoms with van der Waals surface area (Å²) in [7, 11) is 0. The number of thioether (sulfide) groups is 1. The van der Waals surface area contributed by atoms with E-state index in [0.29, 0.717) is 33.1 Å². The fourth-order valence-corrected chi connectivity index (χ4v) is 4.33. The van der Waals surface area contributed by atoms with Crippen molar-refractivity contribution >= 4 is 23.1 Å². The van der Waals surface area contributed by atoms with Crippen LogP contribution in [0.3, 0.4) is 0 Å². The van der Waals surface area contributed by atoms with Gasteiger partial charge < -0.3 is 10.6 Å². The molecular formula is C20H15F4N5OS2. The number of rotatable bonds is 7. The number of aromatic nitrogens is 4. The highest BCUT2D eigenvalue weighted by atomic mass is 32.2. The lowest BCUT2D eigenvalue weighted by Gasteiger charge is -2.06. The van der Waals surface area contributed by atoms with Crippen molar-refractivity contribution in [2.45, 2.75) is 23.7 Å². The minimum absolute atomic E-state index is 0.0600. The maximum Gasteiger partial charge on any atom is 0.416 e. The van der Waals surface area contributed by atoms with Gasteiger partial charge in [-0.3, -0.25) is 0 Å². The average molecular weight is 482 g/mol. The molecular weight excluding hydrogens is 466 g/mol. The molecule has 0 atom stereocenters. The lowest BCUT2D eigenvalue weighted by atomic mass is 10.1. The zero-order chi connectivity index (χ0) is 22.7. The van der Waals surface area contributed by atoms with Crippen LogP contribution in [0.4, 0.5) is 17.6 Å². The van der Waals surface area contributed by atoms with Gasteiger partial charge in [-0.1, -0.05) is 23.9 Å². The van der Waals surface area contributed by atoms with Crippen LogP contribution in [0.15, 0.2) is 59.1 Å². The summed E-state index contributed by atoms with van der Waals surface area (Å²) >= 11 is 2.65. The molecule has 0 unspecified atom stereocenters. The summed E-state index contributed by atoms with van der Waals surface area (Å²) in [6.45, 7) is 0.0600. The van der Waals surface area contributed by atoms with Crippen LogP contribution >= 0.6 is 23.1 Å². The van der Waals surface area contributed by atoms with Crippen molar-refractivity contribution in [1.29, 1.82) is 0 Å². The van der Waals surface area contributed by atoms with Crippen molar-refractivity contribution in [1.82, 2.24) is 19.9 Å². The van der Waals surface area contributed by atoms with Crippen molar-refractivity contribution in [2.24, 2.45) is 0 Å². The van der Waals surface area contributed by atoms with E-state index in [4.69, 9.17) is 10.6 Å². The Morgan fingerprint density at radius 3 is 2.44 bits per heavy atom. The Labute approximate surface area is 188 Å². The smallest absolute Gasteiger partial charge is 0.416 e. The number of nitrogens with zero attached hydrogens (tertiary/aromatic N) is 4. The number of hydrogen-bond donors (Lipinski definition) is 1. The lowest BCUT2D eigenvalue weighted by Crippen LogP contribution is -2.15. The highest BCUT2D eigenvalue weighted by Crippen LogP contribution is 2.32. The summed E-state index contributed by atoms with van der Waals surface area (Å²) in [6.07, 6.45) is -4.37. The molecule has 2 aromatic heterocycles. The molecule has 0 bridgehead atoms. The summed E-state index contributed by atoms with van der Waals surface area (Å²) in [5, 5.41) is 10.9. The first kappa shape index (κ1) is 22.1. The highest BCUT2D eigenvalue weighted by Gasteiger charge is 2.30. The molecule has 0 saturated carbocycles. The Hall–Kier alpha value is -3.12. The van der Waals surface area contributed by atoms with Crippen LogP contribution in [0.5, 0.6) is 5.75 Å². The molecule has 32 heavy (non-hydrogen) atoms. The van der Waals surface area contributed by atoms with Gasteiger partial charge in [0, 0.05) is 16.7 Å². The molecule has 4 aromatic rings. The van der Waals surface area contributed by atoms with Crippen molar-refractivity contribution in [2.75, 3.05) is 5.84 Å². The second-order valence-corrected chi connectivity index (χ2v) is 8.32. The van der Waals surface area contributed by atoms with E-state index in [9.17, 15) is 17.6 Å². The van der Waals surface area contributed by atoms with E-state index in [1.165, 1.54) is 64.2 Å². The van der Waals surface area contributed by atoms with Crippen LogP contribution in [-0.4, -0.2) is 19.9 Å². The fraction of sp³-hybridized carbons (Fsp3) is 0.150. The second kappa shape index (κ2) is 9.17. The monoisotopic (exact) mass is 481 g/mol. The van der Waals surface area contributed by atoms with Gasteiger partial charge in [0.1, 0.15) is 23.2 Å². The summed E-state index contributed by atoms with van der Waals surface area (Å²) in [6, 6.07) is 10.5. The Morgan fingerprint density at radius 2 is 1.75 bits per heavy atom. The number of benzene rings is 2. The minimum Gasteiger partial charge on any atom is -0.486 e. The van der Waals surface area contributed by atoms with Gasteiger partial charge in [0.2, 0.25) is 5.16 Å². The molecule has 6 nitrogen and oxygen atoms in total. The SMILES string of the molecule is Nn1c(COc2ccc(F)cc2)nnc1SCc1csc(-c2ccc(C(F)(F)F)cc2)n1. The number of alkyl halides is 3. The topological polar surface area (TPSA) is 78.9 Å². The third kappa shape index (κ3) is 5.19. The molecule has 4 rings (SSSR count). The van der Waals surface area contributed by atoms with Crippen molar-refractivity contribution in [3.8, 4) is 16.3 Å². The Bertz CT molecular complexity index is 1190. The molecule has 2 N–H and O–H groups in total. The van der Waals surface area contributed by atoms with E-state index in [0.717, 1.165) is 17.8 Å². The van der Waals surface area contributed by atoms with Crippen LogP contribution in [0.1, 0.15) is 17.1 Å². The molecule has 2 aromatic carbocycles. The predicted octanol–water partition coefficient (Wildman–Crippen LogP) is 5.14. The van der Waals surface area contributed by atoms with E-state index < -0.39 is 11.7 Å². The summed E-state index contributed by atoms with van der Waals surface area (Å²) in [5.41, 5.74) is 0.651. The number of nitrogens with two attached hydrogens (primary N) is 1. The molecule has 0 amide bonds. The van der Waals surface area contributed by atoms with Gasteiger partial charge in [-0.05, 0) is 36.4 Å². The summed E-state index contributed by atoms with van der Waals surface area (Å²) in [5.74, 6) is 6.98. The van der Waals surface area contributed by atoms with E-state index in [-0.39, 0.29) is 12.4 Å². The average Bonchev–Trinajstić information content (AvgIpc) is 3.38. The van der Waals surface area contributed by atoms with Crippen LogP contribution in [0.2, 0.25) is 0 Å². The van der Waals surface area contributed by atoms with Crippen LogP contribution in [0.25, 0.3) is 10.6 Å². The van der Waals surface area contributed by atoms with Gasteiger partial charge in [0.05, 0.1) is 11.3 Å². The van der Waals surface area contributed by atoms with Crippen LogP contribution < -0.4 is 10.6 Å². The Balaban J connectivity index is 1.35. The first-order valence-corrected chi connectivity index (χ1v) is 11.0. The normalized spacial score (nSPS) is 11.6. The van der Waals surface area contributed by atoms with Crippen molar-refractivity contribution < 1.29 is 22.3 Å². The third-order valence-electron chi connectivity index (χ3n) is 4.28. The Morgan fingerprint density at radius 1 is 1.03 bits per heavy atom. The molecule has 0 aliphatic rings. The van der Waals surface area contributed by atoms with Gasteiger partial charge in [0.25, 0.3) is 0 Å². The number of hydrogen-bond acceptors (Lipinski definition) is 7. The van der Waals surface area contributed by atoms with E-state index in [1.807, 2.05) is 5.38 Å². The summed E-state index contributed by atoms with van der Waals surface area (Å²) in [4.78, 5) is 4.47. The fourth-order valence-electron chi connectivity index (χ4n) is 2.63. The molecule has 0 aliphatic carbocycles. The molecule has 0 fully saturated rings. The van der Waals surface area contributed by atoms with Crippen molar-refractivity contribution in [3.05, 3.63) is 76.8 Å². The van der Waals surface area contributed by atoms with E-state index in [2.05, 4.69) is 15.2 Å². The molecule has 0 radical (unpaired) electrons. The molecule has 0 spiro atoms. The zero-order valence-electron chi connectivity index (χ0n) is 16.2. The van der Waals surface area contributed by atoms with Gasteiger partial charge >= 0.3 is 6.18 Å². The summed E-state index contributed by atoms with van der Waals surface area (Å²) < 4.78 is 57.9. The number of thiazole rings is 1. The van der Waals surface area contributed by atoms with Crippen LogP contribution in [-0.2, 0) is 18.5 Å². The first-order valence-electron chi connectivity index (χ1n) is 9.12. The van der Waals surface area contributed by atoms with Gasteiger partial charge in [-0.25, -0.2) is 14.1 Å². The lowest BCUT2D eigenvalue weighted by molar-refractivity contribution is -0.137. The number of nitrogen functional groups attached to an aromatic ring is 1. The van der Waals surface area contributed by atoms with E-state index in [1.54, 1.807) is 0 Å². The standard InChI is InChI=1S/C20H15F4N5OS2/c21-14-5-7-16(8-6-14)30-9-17-27-28-19(29(17)25)32-11-15-10-31-18(26-15)12-1-3-13(4-2-12)20(22,23)24/h1-8,10H,9,11,25H2. The van der Waals surface area contributed by atoms with Crippen LogP contribution in [0, 0.1) is 5.82 Å². The number of ether oxygens (including phenoxy) is 1. The largest absolute Gasteiger partial charge is 0.486 e. The molecule has 2 heterocycles. The third-order valence-corrected chi connectivity index (χ3v) is 6.19. The van der Waals surface area contributed by atoms with Crippen molar-refractivity contribution in [3.63, 3.8) is 0 Å². The number of halogens is 4. The highest BCUT2D eigenvalue weighted by molar-refractivity contribution is 7.98. The minimum atomic E-state index is -4.37. The molecule has 166 valence electrons. The second-order valence-electron chi connectivity index (χ2n) is 6.52. The van der Waals surface area contributed by atoms with Gasteiger partial charge in [0.15, 0.2) is 5.82 Å². The van der Waals surface area contributed by atoms with E-state index >= 15 is 0 Å². The molecule has 0 aliphatic heterocycles. The van der Waals surface area contributed by atoms with Gasteiger partial charge in [-0.15, -0.1) is 21.5 Å². The molecule has 0 saturated heterocycles.